The van der Waals surface area contributed by atoms with Crippen molar-refractivity contribution in [1.82, 2.24) is 0 Å². The van der Waals surface area contributed by atoms with Crippen LogP contribution in [0.25, 0.3) is 0 Å². The second kappa shape index (κ2) is 13.0. The van der Waals surface area contributed by atoms with Gasteiger partial charge in [-0.05, 0) is 51.1 Å². The highest BCUT2D eigenvalue weighted by molar-refractivity contribution is 5.94. The van der Waals surface area contributed by atoms with E-state index in [9.17, 15) is 24.0 Å². The average Bonchev–Trinajstić information content (AvgIpc) is 2.85. The summed E-state index contributed by atoms with van der Waals surface area (Å²) in [4.78, 5) is 61.2. The van der Waals surface area contributed by atoms with E-state index >= 15 is 0 Å². The number of hydrogen-bond acceptors (Lipinski definition) is 10. The average molecular weight is 537 g/mol. The molecule has 0 radical (unpaired) electrons. The van der Waals surface area contributed by atoms with Crippen molar-refractivity contribution in [3.05, 3.63) is 78.4 Å². The molecule has 0 saturated heterocycles. The van der Waals surface area contributed by atoms with Crippen molar-refractivity contribution in [3.63, 3.8) is 0 Å². The fourth-order valence-corrected chi connectivity index (χ4v) is 2.47. The lowest BCUT2D eigenvalue weighted by molar-refractivity contribution is -0.138. The zero-order valence-corrected chi connectivity index (χ0v) is 22.2. The number of benzene rings is 2. The zero-order valence-electron chi connectivity index (χ0n) is 22.2. The van der Waals surface area contributed by atoms with Gasteiger partial charge in [0.1, 0.15) is 5.75 Å². The van der Waals surface area contributed by atoms with E-state index in [1.54, 1.807) is 13.8 Å². The number of hydrogen-bond donors (Lipinski definition) is 0. The van der Waals surface area contributed by atoms with Crippen molar-refractivity contribution in [1.29, 1.82) is 0 Å². The van der Waals surface area contributed by atoms with Crippen molar-refractivity contribution in [3.8, 4) is 28.7 Å². The number of ether oxygens (including phenoxy) is 5. The van der Waals surface area contributed by atoms with Crippen molar-refractivity contribution >= 4 is 29.8 Å². The molecular weight excluding hydrogens is 508 g/mol. The molecule has 2 rings (SSSR count). The molecule has 0 amide bonds. The molecule has 0 bridgehead atoms. The van der Waals surface area contributed by atoms with E-state index in [0.717, 1.165) is 0 Å². The van der Waals surface area contributed by atoms with E-state index in [1.807, 2.05) is 0 Å². The monoisotopic (exact) mass is 536 g/mol. The molecule has 0 unspecified atom stereocenters. The van der Waals surface area contributed by atoms with Gasteiger partial charge >= 0.3 is 29.8 Å². The first-order valence-corrected chi connectivity index (χ1v) is 11.5. The molecule has 0 aromatic heterocycles. The fraction of sp³-hybridized carbons (Fsp3) is 0.207. The molecule has 0 aliphatic heterocycles. The minimum absolute atomic E-state index is 0.0602. The maximum atomic E-state index is 12.9. The summed E-state index contributed by atoms with van der Waals surface area (Å²) >= 11 is 0. The fourth-order valence-electron chi connectivity index (χ4n) is 2.47. The molecular formula is C29H28O10. The Hall–Kier alpha value is -4.99. The molecule has 10 nitrogen and oxygen atoms in total. The first-order chi connectivity index (χ1) is 18.2. The maximum Gasteiger partial charge on any atom is 0.343 e. The molecule has 2 aromatic rings. The van der Waals surface area contributed by atoms with Crippen molar-refractivity contribution in [2.45, 2.75) is 34.6 Å². The van der Waals surface area contributed by atoms with Gasteiger partial charge in [-0.15, -0.1) is 0 Å². The third kappa shape index (κ3) is 8.53. The summed E-state index contributed by atoms with van der Waals surface area (Å²) in [6.07, 6.45) is 0. The van der Waals surface area contributed by atoms with Crippen LogP contribution in [0.2, 0.25) is 0 Å². The van der Waals surface area contributed by atoms with Gasteiger partial charge in [0, 0.05) is 22.8 Å². The third-order valence-corrected chi connectivity index (χ3v) is 4.64. The van der Waals surface area contributed by atoms with Crippen molar-refractivity contribution in [2.75, 3.05) is 0 Å². The zero-order chi connectivity index (χ0) is 29.4. The van der Waals surface area contributed by atoms with Crippen LogP contribution in [0, 0.1) is 5.92 Å². The lowest BCUT2D eigenvalue weighted by Crippen LogP contribution is -2.17. The standard InChI is InChI=1S/C29H28O10/c1-15(2)25(30)36-21-11-9-19(13-23(21)38-27(32)17(5)6)29(34)35-20-10-12-22(37-26(31)16(3)4)24(14-20)39-28(33)18(7)8/h9-14,17H,1,3,7H2,2,4-6,8H3. The minimum Gasteiger partial charge on any atom is -0.423 e. The summed E-state index contributed by atoms with van der Waals surface area (Å²) < 4.78 is 26.3. The SMILES string of the molecule is C=C(C)C(=O)Oc1ccc(OC(=O)c2ccc(OC(=O)C(=C)C)c(OC(=O)C(C)C)c2)cc1OC(=O)C(=C)C. The van der Waals surface area contributed by atoms with Crippen LogP contribution in [0.15, 0.2) is 72.9 Å². The van der Waals surface area contributed by atoms with Crippen molar-refractivity contribution < 1.29 is 47.7 Å². The molecule has 2 aromatic carbocycles. The normalized spacial score (nSPS) is 10.2. The molecule has 0 heterocycles. The molecule has 0 fully saturated rings. The molecule has 204 valence electrons. The summed E-state index contributed by atoms with van der Waals surface area (Å²) in [5.41, 5.74) is 0.231. The van der Waals surface area contributed by atoms with Crippen LogP contribution in [-0.2, 0) is 19.2 Å². The van der Waals surface area contributed by atoms with Crippen molar-refractivity contribution in [2.24, 2.45) is 5.92 Å². The van der Waals surface area contributed by atoms with Gasteiger partial charge in [0.05, 0.1) is 11.5 Å². The highest BCUT2D eigenvalue weighted by Gasteiger charge is 2.21. The molecule has 0 spiro atoms. The third-order valence-electron chi connectivity index (χ3n) is 4.64. The van der Waals surface area contributed by atoms with Crippen LogP contribution < -0.4 is 23.7 Å². The summed E-state index contributed by atoms with van der Waals surface area (Å²) in [6, 6.07) is 7.47. The molecule has 0 atom stereocenters. The van der Waals surface area contributed by atoms with E-state index in [1.165, 1.54) is 57.2 Å². The van der Waals surface area contributed by atoms with Gasteiger partial charge in [0.2, 0.25) is 0 Å². The first-order valence-electron chi connectivity index (χ1n) is 11.5. The Kier molecular flexibility index (Phi) is 10.1. The van der Waals surface area contributed by atoms with Crippen LogP contribution >= 0.6 is 0 Å². The molecule has 10 heteroatoms. The Balaban J connectivity index is 2.40. The van der Waals surface area contributed by atoms with Gasteiger partial charge in [-0.2, -0.15) is 0 Å². The van der Waals surface area contributed by atoms with Gasteiger partial charge in [0.25, 0.3) is 0 Å². The van der Waals surface area contributed by atoms with Gasteiger partial charge in [-0.25, -0.2) is 19.2 Å². The Morgan fingerprint density at radius 3 is 1.49 bits per heavy atom. The Morgan fingerprint density at radius 2 is 1.03 bits per heavy atom. The predicted octanol–water partition coefficient (Wildman–Crippen LogP) is 4.91. The lowest BCUT2D eigenvalue weighted by atomic mass is 10.2. The molecule has 39 heavy (non-hydrogen) atoms. The summed E-state index contributed by atoms with van der Waals surface area (Å²) in [5.74, 6) is -5.04. The van der Waals surface area contributed by atoms with Gasteiger partial charge < -0.3 is 23.7 Å². The number of rotatable bonds is 10. The smallest absolute Gasteiger partial charge is 0.343 e. The summed E-state index contributed by atoms with van der Waals surface area (Å²) in [6.45, 7) is 18.0. The predicted molar refractivity (Wildman–Crippen MR) is 140 cm³/mol. The van der Waals surface area contributed by atoms with Crippen LogP contribution in [0.3, 0.4) is 0 Å². The first kappa shape index (κ1) is 30.2. The van der Waals surface area contributed by atoms with Crippen LogP contribution in [0.1, 0.15) is 45.0 Å². The molecule has 0 aliphatic rings. The quantitative estimate of drug-likeness (QED) is 0.234. The largest absolute Gasteiger partial charge is 0.423 e. The number of esters is 5. The van der Waals surface area contributed by atoms with E-state index in [-0.39, 0.29) is 51.0 Å². The second-order valence-corrected chi connectivity index (χ2v) is 8.74. The topological polar surface area (TPSA) is 132 Å². The molecule has 0 saturated carbocycles. The van der Waals surface area contributed by atoms with Gasteiger partial charge in [0.15, 0.2) is 23.0 Å². The lowest BCUT2D eigenvalue weighted by Gasteiger charge is -2.14. The Morgan fingerprint density at radius 1 is 0.590 bits per heavy atom. The number of carbonyl (C=O) groups is 5. The molecule has 0 aliphatic carbocycles. The van der Waals surface area contributed by atoms with Gasteiger partial charge in [-0.3, -0.25) is 4.79 Å². The van der Waals surface area contributed by atoms with E-state index in [0.29, 0.717) is 0 Å². The summed E-state index contributed by atoms with van der Waals surface area (Å²) in [5, 5.41) is 0. The maximum absolute atomic E-state index is 12.9. The molecule has 0 N–H and O–H groups in total. The summed E-state index contributed by atoms with van der Waals surface area (Å²) in [7, 11) is 0. The second-order valence-electron chi connectivity index (χ2n) is 8.74. The Bertz CT molecular complexity index is 1380. The van der Waals surface area contributed by atoms with Crippen LogP contribution in [0.4, 0.5) is 0 Å². The highest BCUT2D eigenvalue weighted by atomic mass is 16.6. The van der Waals surface area contributed by atoms with Gasteiger partial charge in [-0.1, -0.05) is 33.6 Å². The number of carbonyl (C=O) groups excluding carboxylic acids is 5. The van der Waals surface area contributed by atoms with Crippen LogP contribution in [-0.4, -0.2) is 29.8 Å². The van der Waals surface area contributed by atoms with E-state index in [2.05, 4.69) is 19.7 Å². The highest BCUT2D eigenvalue weighted by Crippen LogP contribution is 2.34. The van der Waals surface area contributed by atoms with E-state index in [4.69, 9.17) is 23.7 Å². The Labute approximate surface area is 225 Å². The van der Waals surface area contributed by atoms with Crippen LogP contribution in [0.5, 0.6) is 28.7 Å². The van der Waals surface area contributed by atoms with E-state index < -0.39 is 35.8 Å². The minimum atomic E-state index is -0.890.